The average molecular weight is 289 g/mol. The Balaban J connectivity index is 1.87. The number of hydrogen-bond donors (Lipinski definition) is 1. The van der Waals surface area contributed by atoms with Crippen LogP contribution in [0.15, 0.2) is 24.3 Å². The molecule has 3 heteroatoms. The zero-order valence-electron chi connectivity index (χ0n) is 13.3. The van der Waals surface area contributed by atoms with Gasteiger partial charge in [0.1, 0.15) is 0 Å². The lowest BCUT2D eigenvalue weighted by Crippen LogP contribution is -2.39. The van der Waals surface area contributed by atoms with Gasteiger partial charge in [-0.1, -0.05) is 51.0 Å². The van der Waals surface area contributed by atoms with Crippen molar-refractivity contribution >= 4 is 5.97 Å². The molecule has 0 atom stereocenters. The van der Waals surface area contributed by atoms with E-state index in [1.54, 1.807) is 0 Å². The van der Waals surface area contributed by atoms with E-state index in [0.29, 0.717) is 5.41 Å². The van der Waals surface area contributed by atoms with Crippen LogP contribution in [0.1, 0.15) is 50.7 Å². The van der Waals surface area contributed by atoms with Gasteiger partial charge >= 0.3 is 5.97 Å². The van der Waals surface area contributed by atoms with Gasteiger partial charge in [0.15, 0.2) is 0 Å². The molecular weight excluding hydrogens is 262 g/mol. The predicted molar refractivity (Wildman–Crippen MR) is 85.3 cm³/mol. The van der Waals surface area contributed by atoms with Crippen LogP contribution >= 0.6 is 0 Å². The first-order chi connectivity index (χ1) is 10.1. The largest absolute Gasteiger partial charge is 0.481 e. The third kappa shape index (κ3) is 4.31. The maximum absolute atomic E-state index is 10.7. The van der Waals surface area contributed by atoms with Crippen molar-refractivity contribution < 1.29 is 9.90 Å². The molecule has 2 rings (SSSR count). The van der Waals surface area contributed by atoms with Crippen LogP contribution in [0.3, 0.4) is 0 Å². The van der Waals surface area contributed by atoms with Crippen LogP contribution in [0.25, 0.3) is 0 Å². The second-order valence-electron chi connectivity index (χ2n) is 6.37. The van der Waals surface area contributed by atoms with Gasteiger partial charge in [-0.25, -0.2) is 0 Å². The summed E-state index contributed by atoms with van der Waals surface area (Å²) >= 11 is 0. The van der Waals surface area contributed by atoms with Crippen LogP contribution < -0.4 is 0 Å². The molecule has 0 bridgehead atoms. The summed E-state index contributed by atoms with van der Waals surface area (Å²) in [5.41, 5.74) is 2.73. The number of benzene rings is 1. The molecule has 116 valence electrons. The first-order valence-corrected chi connectivity index (χ1v) is 8.09. The maximum Gasteiger partial charge on any atom is 0.307 e. The number of hydrogen-bond acceptors (Lipinski definition) is 2. The molecular formula is C18H27NO2. The highest BCUT2D eigenvalue weighted by atomic mass is 16.4. The number of carboxylic acid groups (broad SMARTS) is 1. The molecule has 0 amide bonds. The smallest absolute Gasteiger partial charge is 0.307 e. The van der Waals surface area contributed by atoms with Gasteiger partial charge in [0, 0.05) is 6.54 Å². The minimum atomic E-state index is -0.769. The first kappa shape index (κ1) is 16.0. The Morgan fingerprint density at radius 1 is 1.10 bits per heavy atom. The Bertz CT molecular complexity index is 453. The Morgan fingerprint density at radius 3 is 2.10 bits per heavy atom. The minimum Gasteiger partial charge on any atom is -0.481 e. The molecule has 1 aliphatic heterocycles. The summed E-state index contributed by atoms with van der Waals surface area (Å²) in [6.07, 6.45) is 5.30. The number of carbonyl (C=O) groups is 1. The van der Waals surface area contributed by atoms with E-state index in [2.05, 4.69) is 30.9 Å². The van der Waals surface area contributed by atoms with Crippen molar-refractivity contribution in [2.45, 2.75) is 52.5 Å². The fraction of sp³-hybridized carbons (Fsp3) is 0.611. The van der Waals surface area contributed by atoms with Crippen LogP contribution in [-0.4, -0.2) is 29.1 Å². The van der Waals surface area contributed by atoms with E-state index < -0.39 is 5.97 Å². The van der Waals surface area contributed by atoms with Crippen molar-refractivity contribution in [3.63, 3.8) is 0 Å². The van der Waals surface area contributed by atoms with Crippen LogP contribution in [0.4, 0.5) is 0 Å². The molecule has 1 aromatic rings. The molecule has 1 aliphatic rings. The van der Waals surface area contributed by atoms with Gasteiger partial charge in [-0.2, -0.15) is 0 Å². The zero-order valence-corrected chi connectivity index (χ0v) is 13.3. The summed E-state index contributed by atoms with van der Waals surface area (Å²) in [5.74, 6) is -0.769. The minimum absolute atomic E-state index is 0.111. The molecule has 0 aliphatic carbocycles. The van der Waals surface area contributed by atoms with Crippen LogP contribution in [0.2, 0.25) is 0 Å². The summed E-state index contributed by atoms with van der Waals surface area (Å²) in [6.45, 7) is 7.98. The van der Waals surface area contributed by atoms with Crippen molar-refractivity contribution in [3.8, 4) is 0 Å². The molecule has 21 heavy (non-hydrogen) atoms. The van der Waals surface area contributed by atoms with Crippen molar-refractivity contribution in [3.05, 3.63) is 35.4 Å². The highest BCUT2D eigenvalue weighted by Gasteiger charge is 2.30. The molecule has 3 nitrogen and oxygen atoms in total. The third-order valence-corrected chi connectivity index (χ3v) is 5.20. The van der Waals surface area contributed by atoms with Gasteiger partial charge in [-0.3, -0.25) is 9.69 Å². The highest BCUT2D eigenvalue weighted by Crippen LogP contribution is 2.38. The number of carboxylic acids is 1. The summed E-state index contributed by atoms with van der Waals surface area (Å²) in [4.78, 5) is 13.2. The van der Waals surface area contributed by atoms with Gasteiger partial charge in [0.2, 0.25) is 0 Å². The molecule has 0 radical (unpaired) electrons. The van der Waals surface area contributed by atoms with Crippen molar-refractivity contribution in [2.24, 2.45) is 5.41 Å². The number of aliphatic carboxylic acids is 1. The number of nitrogens with zero attached hydrogens (tertiary/aromatic N) is 1. The van der Waals surface area contributed by atoms with Gasteiger partial charge in [0.05, 0.1) is 6.42 Å². The zero-order chi connectivity index (χ0) is 15.3. The third-order valence-electron chi connectivity index (χ3n) is 5.20. The van der Waals surface area contributed by atoms with E-state index in [-0.39, 0.29) is 6.42 Å². The fourth-order valence-electron chi connectivity index (χ4n) is 3.34. The molecule has 1 saturated heterocycles. The molecule has 1 N–H and O–H groups in total. The van der Waals surface area contributed by atoms with Gasteiger partial charge < -0.3 is 5.11 Å². The van der Waals surface area contributed by atoms with E-state index in [9.17, 15) is 4.79 Å². The van der Waals surface area contributed by atoms with E-state index >= 15 is 0 Å². The van der Waals surface area contributed by atoms with Gasteiger partial charge in [0.25, 0.3) is 0 Å². The number of likely N-dealkylation sites (tertiary alicyclic amines) is 1. The topological polar surface area (TPSA) is 40.5 Å². The molecule has 1 aromatic carbocycles. The lowest BCUT2D eigenvalue weighted by molar-refractivity contribution is -0.136. The summed E-state index contributed by atoms with van der Waals surface area (Å²) < 4.78 is 0. The Morgan fingerprint density at radius 2 is 1.62 bits per heavy atom. The second-order valence-corrected chi connectivity index (χ2v) is 6.37. The van der Waals surface area contributed by atoms with Crippen LogP contribution in [0, 0.1) is 5.41 Å². The maximum atomic E-state index is 10.7. The molecule has 0 spiro atoms. The molecule has 1 heterocycles. The molecule has 1 fully saturated rings. The summed E-state index contributed by atoms with van der Waals surface area (Å²) in [5, 5.41) is 8.78. The lowest BCUT2D eigenvalue weighted by atomic mass is 9.74. The monoisotopic (exact) mass is 289 g/mol. The van der Waals surface area contributed by atoms with E-state index in [1.807, 2.05) is 12.1 Å². The fourth-order valence-corrected chi connectivity index (χ4v) is 3.34. The Hall–Kier alpha value is -1.35. The van der Waals surface area contributed by atoms with Crippen molar-refractivity contribution in [2.75, 3.05) is 13.1 Å². The average Bonchev–Trinajstić information content (AvgIpc) is 2.50. The number of piperidine rings is 1. The summed E-state index contributed by atoms with van der Waals surface area (Å²) in [7, 11) is 0. The number of rotatable bonds is 6. The van der Waals surface area contributed by atoms with Crippen LogP contribution in [0.5, 0.6) is 0 Å². The van der Waals surface area contributed by atoms with E-state index in [1.165, 1.54) is 44.3 Å². The molecule has 0 unspecified atom stereocenters. The van der Waals surface area contributed by atoms with Crippen molar-refractivity contribution in [1.29, 1.82) is 0 Å². The SMILES string of the molecule is CCC1(CC)CCN(Cc2ccc(CC(=O)O)cc2)CC1. The normalized spacial score (nSPS) is 18.6. The van der Waals surface area contributed by atoms with Gasteiger partial charge in [-0.05, 0) is 42.5 Å². The van der Waals surface area contributed by atoms with Crippen LogP contribution in [-0.2, 0) is 17.8 Å². The van der Waals surface area contributed by atoms with Gasteiger partial charge in [-0.15, -0.1) is 0 Å². The first-order valence-electron chi connectivity index (χ1n) is 8.09. The highest BCUT2D eigenvalue weighted by molar-refractivity contribution is 5.70. The summed E-state index contributed by atoms with van der Waals surface area (Å²) in [6, 6.07) is 8.02. The Labute approximate surface area is 128 Å². The quantitative estimate of drug-likeness (QED) is 0.867. The predicted octanol–water partition coefficient (Wildman–Crippen LogP) is 3.72. The van der Waals surface area contributed by atoms with Crippen molar-refractivity contribution in [1.82, 2.24) is 4.90 Å². The molecule has 0 aromatic heterocycles. The van der Waals surface area contributed by atoms with E-state index in [0.717, 1.165) is 12.1 Å². The Kier molecular flexibility index (Phi) is 5.40. The molecule has 0 saturated carbocycles. The second kappa shape index (κ2) is 7.08. The standard InChI is InChI=1S/C18H27NO2/c1-3-18(4-2)9-11-19(12-10-18)14-16-7-5-15(6-8-16)13-17(20)21/h5-8H,3-4,9-14H2,1-2H3,(H,20,21). The lowest BCUT2D eigenvalue weighted by Gasteiger charge is -2.41. The van der Waals surface area contributed by atoms with E-state index in [4.69, 9.17) is 5.11 Å².